The van der Waals surface area contributed by atoms with Gasteiger partial charge < -0.3 is 15.7 Å². The average molecular weight is 480 g/mol. The Hall–Kier alpha value is -3.15. The van der Waals surface area contributed by atoms with Crippen molar-refractivity contribution >= 4 is 21.8 Å². The fourth-order valence-electron chi connectivity index (χ4n) is 3.56. The number of sulfonamides is 1. The second kappa shape index (κ2) is 10.2. The van der Waals surface area contributed by atoms with E-state index in [1.807, 2.05) is 0 Å². The molecule has 11 heteroatoms. The summed E-state index contributed by atoms with van der Waals surface area (Å²) < 4.78 is 53.5. The van der Waals surface area contributed by atoms with Gasteiger partial charge in [-0.15, -0.1) is 0 Å². The molecule has 0 aliphatic carbocycles. The van der Waals surface area contributed by atoms with Gasteiger partial charge in [-0.25, -0.2) is 17.2 Å². The molecule has 0 saturated carbocycles. The molecule has 176 valence electrons. The summed E-state index contributed by atoms with van der Waals surface area (Å²) in [7, 11) is -3.99. The Morgan fingerprint density at radius 2 is 1.85 bits per heavy atom. The van der Waals surface area contributed by atoms with Gasteiger partial charge in [-0.05, 0) is 54.5 Å². The highest BCUT2D eigenvalue weighted by molar-refractivity contribution is 7.89. The van der Waals surface area contributed by atoms with Crippen molar-refractivity contribution in [3.63, 3.8) is 0 Å². The number of nitrogens with zero attached hydrogens (tertiary/aromatic N) is 1. The lowest BCUT2D eigenvalue weighted by Gasteiger charge is -2.22. The van der Waals surface area contributed by atoms with Crippen LogP contribution < -0.4 is 10.6 Å². The maximum atomic E-state index is 13.3. The number of rotatable bonds is 8. The van der Waals surface area contributed by atoms with Gasteiger partial charge >= 0.3 is 0 Å². The van der Waals surface area contributed by atoms with E-state index in [-0.39, 0.29) is 30.0 Å². The van der Waals surface area contributed by atoms with Crippen molar-refractivity contribution in [3.8, 4) is 0 Å². The lowest BCUT2D eigenvalue weighted by molar-refractivity contribution is -0.117. The third-order valence-electron chi connectivity index (χ3n) is 5.27. The van der Waals surface area contributed by atoms with Crippen molar-refractivity contribution in [2.75, 3.05) is 13.2 Å². The van der Waals surface area contributed by atoms with Gasteiger partial charge in [0.2, 0.25) is 15.9 Å². The highest BCUT2D eigenvalue weighted by Gasteiger charge is 2.40. The molecule has 1 heterocycles. The number of aliphatic hydroxyl groups is 1. The molecular formula is C22H23F2N3O5S. The Kier molecular flexibility index (Phi) is 7.57. The Balaban J connectivity index is 1.68. The maximum absolute atomic E-state index is 13.3. The predicted octanol–water partition coefficient (Wildman–Crippen LogP) is 1.32. The Bertz CT molecular complexity index is 1160. The van der Waals surface area contributed by atoms with Gasteiger partial charge in [0.1, 0.15) is 0 Å². The van der Waals surface area contributed by atoms with Crippen LogP contribution in [0.2, 0.25) is 0 Å². The number of aliphatic hydroxyl groups excluding tert-OH is 1. The molecule has 0 radical (unpaired) electrons. The number of hydrogen-bond acceptors (Lipinski definition) is 5. The highest BCUT2D eigenvalue weighted by atomic mass is 32.2. The third-order valence-corrected chi connectivity index (χ3v) is 7.20. The van der Waals surface area contributed by atoms with Crippen LogP contribution in [-0.2, 0) is 21.4 Å². The monoisotopic (exact) mass is 479 g/mol. The Morgan fingerprint density at radius 3 is 2.45 bits per heavy atom. The predicted molar refractivity (Wildman–Crippen MR) is 115 cm³/mol. The molecule has 2 aromatic rings. The van der Waals surface area contributed by atoms with E-state index in [1.165, 1.54) is 30.3 Å². The molecule has 1 aliphatic heterocycles. The fraction of sp³-hybridized carbons (Fsp3) is 0.273. The lowest BCUT2D eigenvalue weighted by Crippen LogP contribution is -2.39. The van der Waals surface area contributed by atoms with Gasteiger partial charge in [0, 0.05) is 24.7 Å². The van der Waals surface area contributed by atoms with Gasteiger partial charge in [0.15, 0.2) is 11.6 Å². The zero-order chi connectivity index (χ0) is 24.2. The van der Waals surface area contributed by atoms with Gasteiger partial charge in [-0.2, -0.15) is 4.31 Å². The second-order valence-electron chi connectivity index (χ2n) is 7.51. The zero-order valence-electron chi connectivity index (χ0n) is 17.5. The number of halogens is 2. The van der Waals surface area contributed by atoms with Gasteiger partial charge in [0.05, 0.1) is 17.5 Å². The first kappa shape index (κ1) is 24.5. The molecule has 3 rings (SSSR count). The maximum Gasteiger partial charge on any atom is 0.251 e. The van der Waals surface area contributed by atoms with E-state index in [0.29, 0.717) is 5.56 Å². The van der Waals surface area contributed by atoms with Gasteiger partial charge in [0.25, 0.3) is 5.91 Å². The third kappa shape index (κ3) is 5.62. The quantitative estimate of drug-likeness (QED) is 0.494. The molecule has 1 aliphatic rings. The minimum absolute atomic E-state index is 0.0103. The van der Waals surface area contributed by atoms with Crippen molar-refractivity contribution < 1.29 is 31.9 Å². The zero-order valence-corrected chi connectivity index (χ0v) is 18.3. The minimum atomic E-state index is -3.99. The SMILES string of the molecule is C=CC(=O)NC1CC(CO)N(S(=O)(=O)c2ccc(C(=O)NCc3ccc(F)c(F)c3)cc2)C1. The molecule has 0 bridgehead atoms. The van der Waals surface area contributed by atoms with Crippen LogP contribution >= 0.6 is 0 Å². The molecule has 2 unspecified atom stereocenters. The molecule has 1 fully saturated rings. The fourth-order valence-corrected chi connectivity index (χ4v) is 5.23. The van der Waals surface area contributed by atoms with Gasteiger partial charge in [-0.3, -0.25) is 9.59 Å². The second-order valence-corrected chi connectivity index (χ2v) is 9.40. The van der Waals surface area contributed by atoms with Crippen LogP contribution in [0.3, 0.4) is 0 Å². The summed E-state index contributed by atoms with van der Waals surface area (Å²) in [5.74, 6) is -2.97. The highest BCUT2D eigenvalue weighted by Crippen LogP contribution is 2.26. The van der Waals surface area contributed by atoms with Crippen LogP contribution in [0, 0.1) is 11.6 Å². The van der Waals surface area contributed by atoms with E-state index >= 15 is 0 Å². The van der Waals surface area contributed by atoms with Gasteiger partial charge in [-0.1, -0.05) is 12.6 Å². The summed E-state index contributed by atoms with van der Waals surface area (Å²) in [6.07, 6.45) is 1.33. The van der Waals surface area contributed by atoms with E-state index in [2.05, 4.69) is 17.2 Å². The normalized spacial score (nSPS) is 18.6. The average Bonchev–Trinajstić information content (AvgIpc) is 3.23. The first-order chi connectivity index (χ1) is 15.6. The summed E-state index contributed by atoms with van der Waals surface area (Å²) in [6.45, 7) is 2.89. The van der Waals surface area contributed by atoms with Crippen LogP contribution in [-0.4, -0.2) is 54.9 Å². The van der Waals surface area contributed by atoms with Crippen molar-refractivity contribution in [3.05, 3.63) is 77.9 Å². The molecule has 0 spiro atoms. The number of hydrogen-bond donors (Lipinski definition) is 3. The summed E-state index contributed by atoms with van der Waals surface area (Å²) in [5, 5.41) is 14.8. The van der Waals surface area contributed by atoms with Crippen LogP contribution in [0.5, 0.6) is 0 Å². The van der Waals surface area contributed by atoms with E-state index in [1.54, 1.807) is 0 Å². The van der Waals surface area contributed by atoms with Crippen LogP contribution in [0.1, 0.15) is 22.3 Å². The summed E-state index contributed by atoms with van der Waals surface area (Å²) in [6, 6.07) is 7.30. The summed E-state index contributed by atoms with van der Waals surface area (Å²) >= 11 is 0. The first-order valence-corrected chi connectivity index (χ1v) is 11.5. The standard InChI is InChI=1S/C22H23F2N3O5S/c1-2-21(29)26-16-10-17(13-28)27(12-16)33(31,32)18-6-4-15(5-7-18)22(30)25-11-14-3-8-19(23)20(24)9-14/h2-9,16-17,28H,1,10-13H2,(H,25,30)(H,26,29). The lowest BCUT2D eigenvalue weighted by atomic mass is 10.2. The van der Waals surface area contributed by atoms with Crippen molar-refractivity contribution in [2.45, 2.75) is 29.9 Å². The van der Waals surface area contributed by atoms with E-state index in [9.17, 15) is 31.9 Å². The number of carbonyl (C=O) groups excluding carboxylic acids is 2. The number of amides is 2. The molecule has 1 saturated heterocycles. The van der Waals surface area contributed by atoms with E-state index in [0.717, 1.165) is 22.5 Å². The van der Waals surface area contributed by atoms with E-state index < -0.39 is 52.2 Å². The molecule has 33 heavy (non-hydrogen) atoms. The largest absolute Gasteiger partial charge is 0.395 e. The van der Waals surface area contributed by atoms with Crippen molar-refractivity contribution in [1.29, 1.82) is 0 Å². The molecule has 0 aromatic heterocycles. The number of nitrogens with one attached hydrogen (secondary N) is 2. The topological polar surface area (TPSA) is 116 Å². The smallest absolute Gasteiger partial charge is 0.251 e. The summed E-state index contributed by atoms with van der Waals surface area (Å²) in [5.41, 5.74) is 0.538. The Morgan fingerprint density at radius 1 is 1.15 bits per heavy atom. The molecule has 8 nitrogen and oxygen atoms in total. The molecule has 2 amide bonds. The molecule has 3 N–H and O–H groups in total. The van der Waals surface area contributed by atoms with Crippen LogP contribution in [0.15, 0.2) is 60.0 Å². The molecule has 2 aromatic carbocycles. The van der Waals surface area contributed by atoms with Crippen molar-refractivity contribution in [1.82, 2.24) is 14.9 Å². The van der Waals surface area contributed by atoms with E-state index in [4.69, 9.17) is 0 Å². The summed E-state index contributed by atoms with van der Waals surface area (Å²) in [4.78, 5) is 23.8. The number of carbonyl (C=O) groups is 2. The molecule has 2 atom stereocenters. The van der Waals surface area contributed by atoms with Crippen molar-refractivity contribution in [2.24, 2.45) is 0 Å². The first-order valence-electron chi connectivity index (χ1n) is 10.0. The molecular weight excluding hydrogens is 456 g/mol. The minimum Gasteiger partial charge on any atom is -0.395 e. The van der Waals surface area contributed by atoms with Crippen LogP contribution in [0.25, 0.3) is 0 Å². The van der Waals surface area contributed by atoms with Crippen LogP contribution in [0.4, 0.5) is 8.78 Å². The number of benzene rings is 2. The Labute approximate surface area is 190 Å².